The summed E-state index contributed by atoms with van der Waals surface area (Å²) < 4.78 is 26.9. The lowest BCUT2D eigenvalue weighted by Gasteiger charge is -2.15. The standard InChI is InChI=1S/C15H20F2/c1-3-5-6-9-12(8-4-2)13-10-7-11-14(16)15(13)17/h5-7,10-12H,3-4,8-9H2,1-2H3/b6-5-. The lowest BCUT2D eigenvalue weighted by Crippen LogP contribution is -2.02. The van der Waals surface area contributed by atoms with Crippen LogP contribution in [0.4, 0.5) is 8.78 Å². The first kappa shape index (κ1) is 13.9. The maximum Gasteiger partial charge on any atom is 0.162 e. The van der Waals surface area contributed by atoms with Crippen molar-refractivity contribution in [2.75, 3.05) is 0 Å². The van der Waals surface area contributed by atoms with E-state index in [0.717, 1.165) is 25.7 Å². The Labute approximate surface area is 102 Å². The number of allylic oxidation sites excluding steroid dienone is 2. The second kappa shape index (κ2) is 7.21. The molecule has 0 amide bonds. The summed E-state index contributed by atoms with van der Waals surface area (Å²) in [5, 5.41) is 0. The van der Waals surface area contributed by atoms with Gasteiger partial charge in [0, 0.05) is 0 Å². The van der Waals surface area contributed by atoms with Gasteiger partial charge in [-0.1, -0.05) is 44.6 Å². The van der Waals surface area contributed by atoms with Crippen LogP contribution in [-0.4, -0.2) is 0 Å². The van der Waals surface area contributed by atoms with Crippen molar-refractivity contribution in [3.63, 3.8) is 0 Å². The first-order chi connectivity index (χ1) is 8.20. The molecule has 0 fully saturated rings. The van der Waals surface area contributed by atoms with E-state index in [1.807, 2.05) is 0 Å². The zero-order valence-corrected chi connectivity index (χ0v) is 10.5. The summed E-state index contributed by atoms with van der Waals surface area (Å²) in [6.07, 6.45) is 7.74. The summed E-state index contributed by atoms with van der Waals surface area (Å²) in [5.41, 5.74) is 0.507. The minimum absolute atomic E-state index is 0.0819. The zero-order valence-electron chi connectivity index (χ0n) is 10.5. The third-order valence-electron chi connectivity index (χ3n) is 2.88. The summed E-state index contributed by atoms with van der Waals surface area (Å²) in [6, 6.07) is 4.45. The van der Waals surface area contributed by atoms with Crippen LogP contribution in [0.5, 0.6) is 0 Å². The monoisotopic (exact) mass is 238 g/mol. The van der Waals surface area contributed by atoms with E-state index in [4.69, 9.17) is 0 Å². The fraction of sp³-hybridized carbons (Fsp3) is 0.467. The average Bonchev–Trinajstić information content (AvgIpc) is 2.32. The fourth-order valence-electron chi connectivity index (χ4n) is 2.01. The zero-order chi connectivity index (χ0) is 12.7. The molecule has 2 heteroatoms. The number of hydrogen-bond acceptors (Lipinski definition) is 0. The third kappa shape index (κ3) is 3.95. The van der Waals surface area contributed by atoms with Gasteiger partial charge in [-0.25, -0.2) is 8.78 Å². The number of benzene rings is 1. The highest BCUT2D eigenvalue weighted by molar-refractivity contribution is 5.23. The van der Waals surface area contributed by atoms with Crippen molar-refractivity contribution < 1.29 is 8.78 Å². The molecule has 1 rings (SSSR count). The van der Waals surface area contributed by atoms with E-state index in [9.17, 15) is 8.78 Å². The van der Waals surface area contributed by atoms with Gasteiger partial charge >= 0.3 is 0 Å². The van der Waals surface area contributed by atoms with E-state index >= 15 is 0 Å². The number of halogens is 2. The van der Waals surface area contributed by atoms with Crippen molar-refractivity contribution in [3.05, 3.63) is 47.5 Å². The lowest BCUT2D eigenvalue weighted by atomic mass is 9.90. The Kier molecular flexibility index (Phi) is 5.88. The van der Waals surface area contributed by atoms with Crippen molar-refractivity contribution in [2.45, 2.75) is 45.4 Å². The van der Waals surface area contributed by atoms with Crippen LogP contribution in [0.3, 0.4) is 0 Å². The Morgan fingerprint density at radius 1 is 1.18 bits per heavy atom. The molecule has 0 spiro atoms. The number of rotatable bonds is 6. The quantitative estimate of drug-likeness (QED) is 0.597. The molecule has 1 unspecified atom stereocenters. The van der Waals surface area contributed by atoms with E-state index in [1.54, 1.807) is 12.1 Å². The first-order valence-electron chi connectivity index (χ1n) is 6.29. The highest BCUT2D eigenvalue weighted by Crippen LogP contribution is 2.28. The first-order valence-corrected chi connectivity index (χ1v) is 6.29. The smallest absolute Gasteiger partial charge is 0.162 e. The molecule has 0 heterocycles. The fourth-order valence-corrected chi connectivity index (χ4v) is 2.01. The van der Waals surface area contributed by atoms with Gasteiger partial charge in [0.05, 0.1) is 0 Å². The van der Waals surface area contributed by atoms with Crippen LogP contribution in [0.2, 0.25) is 0 Å². The van der Waals surface area contributed by atoms with Crippen LogP contribution < -0.4 is 0 Å². The molecule has 1 aromatic carbocycles. The van der Waals surface area contributed by atoms with E-state index in [1.165, 1.54) is 6.07 Å². The largest absolute Gasteiger partial charge is 0.204 e. The van der Waals surface area contributed by atoms with Gasteiger partial charge in [-0.3, -0.25) is 0 Å². The van der Waals surface area contributed by atoms with Gasteiger partial charge < -0.3 is 0 Å². The molecule has 0 aliphatic rings. The molecule has 94 valence electrons. The molecule has 0 radical (unpaired) electrons. The van der Waals surface area contributed by atoms with Crippen molar-refractivity contribution in [1.82, 2.24) is 0 Å². The van der Waals surface area contributed by atoms with E-state index < -0.39 is 11.6 Å². The Hall–Kier alpha value is -1.18. The van der Waals surface area contributed by atoms with Crippen LogP contribution in [-0.2, 0) is 0 Å². The summed E-state index contributed by atoms with van der Waals surface area (Å²) in [5.74, 6) is -1.35. The topological polar surface area (TPSA) is 0 Å². The van der Waals surface area contributed by atoms with Gasteiger partial charge in [0.25, 0.3) is 0 Å². The molecule has 0 aromatic heterocycles. The predicted molar refractivity (Wildman–Crippen MR) is 68.1 cm³/mol. The summed E-state index contributed by atoms with van der Waals surface area (Å²) >= 11 is 0. The van der Waals surface area contributed by atoms with Crippen LogP contribution in [0.1, 0.15) is 51.0 Å². The van der Waals surface area contributed by atoms with Gasteiger partial charge in [-0.05, 0) is 36.8 Å². The van der Waals surface area contributed by atoms with Gasteiger partial charge in [0.15, 0.2) is 11.6 Å². The second-order valence-corrected chi connectivity index (χ2v) is 4.24. The van der Waals surface area contributed by atoms with Gasteiger partial charge in [-0.15, -0.1) is 0 Å². The van der Waals surface area contributed by atoms with Crippen molar-refractivity contribution in [2.24, 2.45) is 0 Å². The van der Waals surface area contributed by atoms with E-state index in [-0.39, 0.29) is 5.92 Å². The van der Waals surface area contributed by atoms with Crippen LogP contribution in [0.25, 0.3) is 0 Å². The minimum atomic E-state index is -0.747. The second-order valence-electron chi connectivity index (χ2n) is 4.24. The Morgan fingerprint density at radius 3 is 2.59 bits per heavy atom. The van der Waals surface area contributed by atoms with Crippen LogP contribution >= 0.6 is 0 Å². The van der Waals surface area contributed by atoms with Crippen LogP contribution in [0.15, 0.2) is 30.4 Å². The molecular formula is C15H20F2. The highest BCUT2D eigenvalue weighted by atomic mass is 19.2. The molecule has 1 atom stereocenters. The molecular weight excluding hydrogens is 218 g/mol. The van der Waals surface area contributed by atoms with Gasteiger partial charge in [0.2, 0.25) is 0 Å². The summed E-state index contributed by atoms with van der Waals surface area (Å²) in [6.45, 7) is 4.13. The van der Waals surface area contributed by atoms with E-state index in [2.05, 4.69) is 26.0 Å². The van der Waals surface area contributed by atoms with E-state index in [0.29, 0.717) is 5.56 Å². The molecule has 0 saturated carbocycles. The normalized spacial score (nSPS) is 13.2. The molecule has 17 heavy (non-hydrogen) atoms. The Balaban J connectivity index is 2.88. The molecule has 1 aromatic rings. The Bertz CT molecular complexity index is 369. The maximum atomic E-state index is 13.7. The summed E-state index contributed by atoms with van der Waals surface area (Å²) in [4.78, 5) is 0. The molecule has 0 saturated heterocycles. The molecule has 0 aliphatic heterocycles. The number of hydrogen-bond donors (Lipinski definition) is 0. The van der Waals surface area contributed by atoms with Gasteiger partial charge in [-0.2, -0.15) is 0 Å². The SMILES string of the molecule is CC/C=C\CC(CCC)c1cccc(F)c1F. The van der Waals surface area contributed by atoms with Crippen molar-refractivity contribution in [1.29, 1.82) is 0 Å². The maximum absolute atomic E-state index is 13.7. The molecule has 0 nitrogen and oxygen atoms in total. The molecule has 0 bridgehead atoms. The summed E-state index contributed by atoms with van der Waals surface area (Å²) in [7, 11) is 0. The minimum Gasteiger partial charge on any atom is -0.204 e. The highest BCUT2D eigenvalue weighted by Gasteiger charge is 2.16. The van der Waals surface area contributed by atoms with Crippen LogP contribution in [0, 0.1) is 11.6 Å². The van der Waals surface area contributed by atoms with Crippen molar-refractivity contribution >= 4 is 0 Å². The predicted octanol–water partition coefficient (Wildman–Crippen LogP) is 5.20. The van der Waals surface area contributed by atoms with Crippen molar-refractivity contribution in [3.8, 4) is 0 Å². The molecule has 0 aliphatic carbocycles. The average molecular weight is 238 g/mol. The molecule has 0 N–H and O–H groups in total. The third-order valence-corrected chi connectivity index (χ3v) is 2.88. The Morgan fingerprint density at radius 2 is 1.94 bits per heavy atom. The lowest BCUT2D eigenvalue weighted by molar-refractivity contribution is 0.480. The van der Waals surface area contributed by atoms with Gasteiger partial charge in [0.1, 0.15) is 0 Å².